The molecule has 0 saturated heterocycles. The molecule has 4 heteroatoms. The summed E-state index contributed by atoms with van der Waals surface area (Å²) in [5, 5.41) is 4.18. The predicted molar refractivity (Wildman–Crippen MR) is 65.8 cm³/mol. The highest BCUT2D eigenvalue weighted by molar-refractivity contribution is 6.31. The van der Waals surface area contributed by atoms with E-state index >= 15 is 0 Å². The standard InChI is InChI=1S/C12H17ClN2O/c1-16-12-4-2-3-11(13)10(12)7-15-9-5-8(14)6-9/h2-4,8-9,15H,5-7,14H2,1H3. The minimum Gasteiger partial charge on any atom is -0.496 e. The van der Waals surface area contributed by atoms with E-state index in [2.05, 4.69) is 5.32 Å². The lowest BCUT2D eigenvalue weighted by Gasteiger charge is -2.33. The molecule has 0 spiro atoms. The first-order chi connectivity index (χ1) is 7.70. The fourth-order valence-electron chi connectivity index (χ4n) is 1.98. The zero-order valence-electron chi connectivity index (χ0n) is 9.37. The van der Waals surface area contributed by atoms with Crippen molar-refractivity contribution >= 4 is 11.6 Å². The Morgan fingerprint density at radius 1 is 1.50 bits per heavy atom. The second kappa shape index (κ2) is 5.04. The summed E-state index contributed by atoms with van der Waals surface area (Å²) in [5.41, 5.74) is 6.75. The van der Waals surface area contributed by atoms with Crippen molar-refractivity contribution in [2.24, 2.45) is 5.73 Å². The van der Waals surface area contributed by atoms with Gasteiger partial charge in [-0.05, 0) is 25.0 Å². The van der Waals surface area contributed by atoms with Crippen LogP contribution in [0.4, 0.5) is 0 Å². The normalized spacial score (nSPS) is 23.9. The molecule has 1 saturated carbocycles. The van der Waals surface area contributed by atoms with Crippen LogP contribution < -0.4 is 15.8 Å². The fraction of sp³-hybridized carbons (Fsp3) is 0.500. The number of rotatable bonds is 4. The zero-order chi connectivity index (χ0) is 11.5. The molecule has 0 bridgehead atoms. The first kappa shape index (κ1) is 11.7. The zero-order valence-corrected chi connectivity index (χ0v) is 10.1. The third kappa shape index (κ3) is 2.48. The van der Waals surface area contributed by atoms with Gasteiger partial charge < -0.3 is 15.8 Å². The van der Waals surface area contributed by atoms with Crippen molar-refractivity contribution in [2.75, 3.05) is 7.11 Å². The molecule has 0 radical (unpaired) electrons. The summed E-state index contributed by atoms with van der Waals surface area (Å²) < 4.78 is 5.28. The van der Waals surface area contributed by atoms with Gasteiger partial charge in [0.05, 0.1) is 7.11 Å². The Morgan fingerprint density at radius 3 is 2.88 bits per heavy atom. The Hall–Kier alpha value is -0.770. The summed E-state index contributed by atoms with van der Waals surface area (Å²) in [7, 11) is 1.66. The molecule has 2 rings (SSSR count). The van der Waals surface area contributed by atoms with E-state index in [1.165, 1.54) is 0 Å². The van der Waals surface area contributed by atoms with Gasteiger partial charge in [-0.2, -0.15) is 0 Å². The molecule has 0 atom stereocenters. The Bertz CT molecular complexity index is 364. The fourth-order valence-corrected chi connectivity index (χ4v) is 2.21. The van der Waals surface area contributed by atoms with Gasteiger partial charge in [0.1, 0.15) is 5.75 Å². The molecular weight excluding hydrogens is 224 g/mol. The van der Waals surface area contributed by atoms with Crippen LogP contribution >= 0.6 is 11.6 Å². The van der Waals surface area contributed by atoms with Gasteiger partial charge in [-0.25, -0.2) is 0 Å². The third-order valence-corrected chi connectivity index (χ3v) is 3.39. The lowest BCUT2D eigenvalue weighted by molar-refractivity contribution is 0.289. The highest BCUT2D eigenvalue weighted by Gasteiger charge is 2.25. The lowest BCUT2D eigenvalue weighted by Crippen LogP contribution is -2.48. The minimum absolute atomic E-state index is 0.366. The van der Waals surface area contributed by atoms with E-state index < -0.39 is 0 Å². The molecule has 1 fully saturated rings. The Morgan fingerprint density at radius 2 is 2.25 bits per heavy atom. The molecule has 1 aliphatic rings. The maximum Gasteiger partial charge on any atom is 0.124 e. The van der Waals surface area contributed by atoms with Crippen molar-refractivity contribution in [2.45, 2.75) is 31.5 Å². The molecule has 88 valence electrons. The van der Waals surface area contributed by atoms with E-state index in [1.54, 1.807) is 7.11 Å². The molecule has 0 amide bonds. The number of nitrogens with one attached hydrogen (secondary N) is 1. The van der Waals surface area contributed by atoms with E-state index in [0.29, 0.717) is 12.1 Å². The van der Waals surface area contributed by atoms with Crippen molar-refractivity contribution in [3.05, 3.63) is 28.8 Å². The van der Waals surface area contributed by atoms with E-state index in [-0.39, 0.29) is 0 Å². The van der Waals surface area contributed by atoms with Gasteiger partial charge in [0.25, 0.3) is 0 Å². The smallest absolute Gasteiger partial charge is 0.124 e. The van der Waals surface area contributed by atoms with Gasteiger partial charge in [0.2, 0.25) is 0 Å². The summed E-state index contributed by atoms with van der Waals surface area (Å²) in [4.78, 5) is 0. The number of halogens is 1. The monoisotopic (exact) mass is 240 g/mol. The van der Waals surface area contributed by atoms with Crippen LogP contribution in [0.1, 0.15) is 18.4 Å². The van der Waals surface area contributed by atoms with Crippen LogP contribution in [0.15, 0.2) is 18.2 Å². The average molecular weight is 241 g/mol. The van der Waals surface area contributed by atoms with E-state index in [4.69, 9.17) is 22.1 Å². The predicted octanol–water partition coefficient (Wildman–Crippen LogP) is 1.93. The first-order valence-electron chi connectivity index (χ1n) is 5.51. The molecule has 1 aliphatic carbocycles. The van der Waals surface area contributed by atoms with Crippen LogP contribution in [-0.4, -0.2) is 19.2 Å². The number of hydrogen-bond donors (Lipinski definition) is 2. The van der Waals surface area contributed by atoms with Crippen molar-refractivity contribution in [1.29, 1.82) is 0 Å². The van der Waals surface area contributed by atoms with Crippen LogP contribution in [0.2, 0.25) is 5.02 Å². The lowest BCUT2D eigenvalue weighted by atomic mass is 9.87. The number of methoxy groups -OCH3 is 1. The summed E-state index contributed by atoms with van der Waals surface area (Å²) in [6.45, 7) is 0.736. The average Bonchev–Trinajstić information content (AvgIpc) is 2.24. The van der Waals surface area contributed by atoms with Crippen molar-refractivity contribution in [1.82, 2.24) is 5.32 Å². The van der Waals surface area contributed by atoms with Crippen LogP contribution in [0, 0.1) is 0 Å². The second-order valence-corrected chi connectivity index (χ2v) is 4.64. The quantitative estimate of drug-likeness (QED) is 0.846. The molecule has 3 N–H and O–H groups in total. The molecule has 0 unspecified atom stereocenters. The number of nitrogens with two attached hydrogens (primary N) is 1. The molecule has 3 nitrogen and oxygen atoms in total. The molecule has 1 aromatic carbocycles. The third-order valence-electron chi connectivity index (χ3n) is 3.04. The van der Waals surface area contributed by atoms with Gasteiger partial charge in [0, 0.05) is 29.2 Å². The van der Waals surface area contributed by atoms with Crippen molar-refractivity contribution in [3.63, 3.8) is 0 Å². The van der Waals surface area contributed by atoms with Crippen LogP contribution in [0.5, 0.6) is 5.75 Å². The summed E-state index contributed by atoms with van der Waals surface area (Å²) in [6.07, 6.45) is 2.10. The number of benzene rings is 1. The van der Waals surface area contributed by atoms with Gasteiger partial charge in [-0.15, -0.1) is 0 Å². The summed E-state index contributed by atoms with van der Waals surface area (Å²) >= 11 is 6.14. The molecule has 0 aromatic heterocycles. The summed E-state index contributed by atoms with van der Waals surface area (Å²) in [6, 6.07) is 6.59. The first-order valence-corrected chi connectivity index (χ1v) is 5.89. The maximum atomic E-state index is 6.14. The van der Waals surface area contributed by atoms with E-state index in [0.717, 1.165) is 35.7 Å². The van der Waals surface area contributed by atoms with Crippen molar-refractivity contribution < 1.29 is 4.74 Å². The Balaban J connectivity index is 1.97. The van der Waals surface area contributed by atoms with Crippen LogP contribution in [0.25, 0.3) is 0 Å². The number of hydrogen-bond acceptors (Lipinski definition) is 3. The SMILES string of the molecule is COc1cccc(Cl)c1CNC1CC(N)C1. The van der Waals surface area contributed by atoms with Gasteiger partial charge in [0.15, 0.2) is 0 Å². The van der Waals surface area contributed by atoms with Crippen LogP contribution in [-0.2, 0) is 6.54 Å². The van der Waals surface area contributed by atoms with Gasteiger partial charge in [-0.1, -0.05) is 17.7 Å². The molecule has 1 aromatic rings. The van der Waals surface area contributed by atoms with Gasteiger partial charge in [-0.3, -0.25) is 0 Å². The second-order valence-electron chi connectivity index (χ2n) is 4.23. The molecule has 0 aliphatic heterocycles. The minimum atomic E-state index is 0.366. The van der Waals surface area contributed by atoms with Crippen molar-refractivity contribution in [3.8, 4) is 5.75 Å². The molecular formula is C12H17ClN2O. The number of ether oxygens (including phenoxy) is 1. The Kier molecular flexibility index (Phi) is 3.69. The largest absolute Gasteiger partial charge is 0.496 e. The highest BCUT2D eigenvalue weighted by Crippen LogP contribution is 2.27. The highest BCUT2D eigenvalue weighted by atomic mass is 35.5. The Labute approximate surface area is 101 Å². The van der Waals surface area contributed by atoms with E-state index in [9.17, 15) is 0 Å². The topological polar surface area (TPSA) is 47.3 Å². The summed E-state index contributed by atoms with van der Waals surface area (Å²) in [5.74, 6) is 0.837. The maximum absolute atomic E-state index is 6.14. The molecule has 16 heavy (non-hydrogen) atoms. The molecule has 0 heterocycles. The van der Waals surface area contributed by atoms with Crippen LogP contribution in [0.3, 0.4) is 0 Å². The van der Waals surface area contributed by atoms with E-state index in [1.807, 2.05) is 18.2 Å². The van der Waals surface area contributed by atoms with Gasteiger partial charge >= 0.3 is 0 Å².